The molecule has 142 valence electrons. The van der Waals surface area contributed by atoms with E-state index >= 15 is 0 Å². The van der Waals surface area contributed by atoms with Crippen molar-refractivity contribution < 1.29 is 14.3 Å². The van der Waals surface area contributed by atoms with Crippen molar-refractivity contribution in [3.05, 3.63) is 23.8 Å². The number of rotatable bonds is 4. The van der Waals surface area contributed by atoms with Crippen LogP contribution >= 0.6 is 0 Å². The number of fused-ring (bicyclic) bond motifs is 1. The molecule has 0 aromatic heterocycles. The molecule has 1 atom stereocenters. The molecule has 1 aromatic carbocycles. The Morgan fingerprint density at radius 2 is 1.85 bits per heavy atom. The molecule has 1 unspecified atom stereocenters. The lowest BCUT2D eigenvalue weighted by molar-refractivity contribution is -0.133. The number of likely N-dealkylation sites (N-methyl/N-ethyl adjacent to an activating group) is 1. The van der Waals surface area contributed by atoms with Crippen molar-refractivity contribution in [1.29, 1.82) is 0 Å². The Morgan fingerprint density at radius 1 is 1.08 bits per heavy atom. The third kappa shape index (κ3) is 3.68. The van der Waals surface area contributed by atoms with Crippen molar-refractivity contribution in [2.45, 2.75) is 57.0 Å². The summed E-state index contributed by atoms with van der Waals surface area (Å²) in [5.41, 5.74) is 1.17. The monoisotopic (exact) mass is 358 g/mol. The Labute approximate surface area is 156 Å². The molecule has 0 N–H and O–H groups in total. The van der Waals surface area contributed by atoms with Crippen LogP contribution in [0.25, 0.3) is 0 Å². The smallest absolute Gasteiger partial charge is 0.237 e. The molecule has 2 fully saturated rings. The fourth-order valence-electron chi connectivity index (χ4n) is 4.63. The summed E-state index contributed by atoms with van der Waals surface area (Å²) in [6.07, 6.45) is 8.50. The lowest BCUT2D eigenvalue weighted by atomic mass is 9.94. The van der Waals surface area contributed by atoms with E-state index in [1.807, 2.05) is 6.07 Å². The van der Waals surface area contributed by atoms with Crippen LogP contribution in [0.4, 0.5) is 0 Å². The Bertz CT molecular complexity index is 642. The van der Waals surface area contributed by atoms with E-state index in [2.05, 4.69) is 29.0 Å². The maximum absolute atomic E-state index is 13.0. The molecule has 2 aliphatic heterocycles. The SMILES string of the molecule is CN(CC(=O)N1CCCC1c1ccc2c(c1)OCCO2)C1CCCCC1. The number of carbonyl (C=O) groups is 1. The summed E-state index contributed by atoms with van der Waals surface area (Å²) in [6.45, 7) is 2.59. The number of nitrogens with zero attached hydrogens (tertiary/aromatic N) is 2. The van der Waals surface area contributed by atoms with Gasteiger partial charge in [0.15, 0.2) is 11.5 Å². The van der Waals surface area contributed by atoms with Gasteiger partial charge in [0, 0.05) is 12.6 Å². The molecule has 1 saturated heterocycles. The zero-order chi connectivity index (χ0) is 17.9. The van der Waals surface area contributed by atoms with Crippen LogP contribution < -0.4 is 9.47 Å². The highest BCUT2D eigenvalue weighted by Crippen LogP contribution is 2.38. The highest BCUT2D eigenvalue weighted by Gasteiger charge is 2.32. The van der Waals surface area contributed by atoms with E-state index in [1.54, 1.807) is 0 Å². The molecule has 1 amide bonds. The van der Waals surface area contributed by atoms with Crippen LogP contribution in [0.3, 0.4) is 0 Å². The molecule has 0 radical (unpaired) electrons. The van der Waals surface area contributed by atoms with Gasteiger partial charge in [0.05, 0.1) is 12.6 Å². The zero-order valence-corrected chi connectivity index (χ0v) is 15.8. The summed E-state index contributed by atoms with van der Waals surface area (Å²) >= 11 is 0. The van der Waals surface area contributed by atoms with Gasteiger partial charge in [0.25, 0.3) is 0 Å². The first-order valence-corrected chi connectivity index (χ1v) is 10.1. The van der Waals surface area contributed by atoms with Gasteiger partial charge in [-0.3, -0.25) is 9.69 Å². The molecule has 4 rings (SSSR count). The quantitative estimate of drug-likeness (QED) is 0.827. The minimum Gasteiger partial charge on any atom is -0.486 e. The van der Waals surface area contributed by atoms with Gasteiger partial charge in [0.2, 0.25) is 5.91 Å². The number of ether oxygens (including phenoxy) is 2. The molecule has 1 saturated carbocycles. The number of hydrogen-bond acceptors (Lipinski definition) is 4. The fraction of sp³-hybridized carbons (Fsp3) is 0.667. The largest absolute Gasteiger partial charge is 0.486 e. The molecule has 3 aliphatic rings. The van der Waals surface area contributed by atoms with Crippen molar-refractivity contribution in [2.75, 3.05) is 33.4 Å². The van der Waals surface area contributed by atoms with E-state index in [0.29, 0.717) is 25.8 Å². The minimum absolute atomic E-state index is 0.165. The van der Waals surface area contributed by atoms with Crippen molar-refractivity contribution in [1.82, 2.24) is 9.80 Å². The van der Waals surface area contributed by atoms with E-state index in [9.17, 15) is 4.79 Å². The van der Waals surface area contributed by atoms with Crippen LogP contribution in [0.2, 0.25) is 0 Å². The van der Waals surface area contributed by atoms with E-state index in [1.165, 1.54) is 37.7 Å². The first-order chi connectivity index (χ1) is 12.7. The number of hydrogen-bond donors (Lipinski definition) is 0. The highest BCUT2D eigenvalue weighted by atomic mass is 16.6. The number of benzene rings is 1. The lowest BCUT2D eigenvalue weighted by Crippen LogP contribution is -2.43. The highest BCUT2D eigenvalue weighted by molar-refractivity contribution is 5.79. The Morgan fingerprint density at radius 3 is 2.65 bits per heavy atom. The molecule has 0 bridgehead atoms. The number of likely N-dealkylation sites (tertiary alicyclic amines) is 1. The van der Waals surface area contributed by atoms with Crippen LogP contribution in [0.15, 0.2) is 18.2 Å². The standard InChI is InChI=1S/C21H30N2O3/c1-22(17-6-3-2-4-7-17)15-21(24)23-11-5-8-18(23)16-9-10-19-20(14-16)26-13-12-25-19/h9-10,14,17-18H,2-8,11-13,15H2,1H3. The van der Waals surface area contributed by atoms with E-state index in [-0.39, 0.29) is 11.9 Å². The molecule has 1 aromatic rings. The first-order valence-electron chi connectivity index (χ1n) is 10.1. The third-order valence-electron chi connectivity index (χ3n) is 6.11. The predicted molar refractivity (Wildman–Crippen MR) is 101 cm³/mol. The summed E-state index contributed by atoms with van der Waals surface area (Å²) < 4.78 is 11.3. The van der Waals surface area contributed by atoms with Crippen molar-refractivity contribution in [3.63, 3.8) is 0 Å². The van der Waals surface area contributed by atoms with Gasteiger partial charge in [-0.25, -0.2) is 0 Å². The molecule has 5 nitrogen and oxygen atoms in total. The van der Waals surface area contributed by atoms with Gasteiger partial charge in [-0.2, -0.15) is 0 Å². The lowest BCUT2D eigenvalue weighted by Gasteiger charge is -2.33. The Balaban J connectivity index is 1.43. The molecule has 5 heteroatoms. The summed E-state index contributed by atoms with van der Waals surface area (Å²) in [6, 6.07) is 6.88. The summed E-state index contributed by atoms with van der Waals surface area (Å²) in [5.74, 6) is 1.88. The summed E-state index contributed by atoms with van der Waals surface area (Å²) in [7, 11) is 2.11. The van der Waals surface area contributed by atoms with Gasteiger partial charge in [-0.05, 0) is 50.4 Å². The molecular formula is C21H30N2O3. The van der Waals surface area contributed by atoms with Crippen LogP contribution in [0, 0.1) is 0 Å². The van der Waals surface area contributed by atoms with Crippen LogP contribution in [0.5, 0.6) is 11.5 Å². The molecule has 0 spiro atoms. The maximum Gasteiger partial charge on any atom is 0.237 e. The molecule has 1 aliphatic carbocycles. The second-order valence-corrected chi connectivity index (χ2v) is 7.86. The topological polar surface area (TPSA) is 42.0 Å². The third-order valence-corrected chi connectivity index (χ3v) is 6.11. The van der Waals surface area contributed by atoms with Gasteiger partial charge < -0.3 is 14.4 Å². The second kappa shape index (κ2) is 7.87. The van der Waals surface area contributed by atoms with E-state index in [4.69, 9.17) is 9.47 Å². The van der Waals surface area contributed by atoms with Crippen LogP contribution in [0.1, 0.15) is 56.6 Å². The molecular weight excluding hydrogens is 328 g/mol. The minimum atomic E-state index is 0.165. The first kappa shape index (κ1) is 17.7. The van der Waals surface area contributed by atoms with Crippen molar-refractivity contribution >= 4 is 5.91 Å². The van der Waals surface area contributed by atoms with Crippen LogP contribution in [-0.4, -0.2) is 55.1 Å². The predicted octanol–water partition coefficient (Wildman–Crippen LogP) is 3.39. The average Bonchev–Trinajstić information content (AvgIpc) is 3.18. The average molecular weight is 358 g/mol. The fourth-order valence-corrected chi connectivity index (χ4v) is 4.63. The van der Waals surface area contributed by atoms with Crippen LogP contribution in [-0.2, 0) is 4.79 Å². The van der Waals surface area contributed by atoms with Crippen molar-refractivity contribution in [3.8, 4) is 11.5 Å². The zero-order valence-electron chi connectivity index (χ0n) is 15.8. The maximum atomic E-state index is 13.0. The van der Waals surface area contributed by atoms with E-state index in [0.717, 1.165) is 30.9 Å². The Hall–Kier alpha value is -1.75. The van der Waals surface area contributed by atoms with Gasteiger partial charge >= 0.3 is 0 Å². The number of amides is 1. The molecule has 2 heterocycles. The summed E-state index contributed by atoms with van der Waals surface area (Å²) in [4.78, 5) is 17.4. The second-order valence-electron chi connectivity index (χ2n) is 7.86. The van der Waals surface area contributed by atoms with Gasteiger partial charge in [-0.1, -0.05) is 25.3 Å². The molecule has 26 heavy (non-hydrogen) atoms. The number of carbonyl (C=O) groups excluding carboxylic acids is 1. The van der Waals surface area contributed by atoms with Gasteiger partial charge in [-0.15, -0.1) is 0 Å². The Kier molecular flexibility index (Phi) is 5.34. The van der Waals surface area contributed by atoms with Gasteiger partial charge in [0.1, 0.15) is 13.2 Å². The van der Waals surface area contributed by atoms with Crippen molar-refractivity contribution in [2.24, 2.45) is 0 Å². The summed E-state index contributed by atoms with van der Waals surface area (Å²) in [5, 5.41) is 0. The van der Waals surface area contributed by atoms with E-state index < -0.39 is 0 Å². The normalized spacial score (nSPS) is 23.5.